The van der Waals surface area contributed by atoms with E-state index in [1.54, 1.807) is 17.1 Å². The van der Waals surface area contributed by atoms with Crippen LogP contribution in [0.5, 0.6) is 0 Å². The van der Waals surface area contributed by atoms with Gasteiger partial charge >= 0.3 is 0 Å². The zero-order valence-electron chi connectivity index (χ0n) is 10.0. The second kappa shape index (κ2) is 4.07. The summed E-state index contributed by atoms with van der Waals surface area (Å²) in [6.45, 7) is 0.507. The molecule has 0 bridgehead atoms. The molecule has 1 saturated heterocycles. The molecule has 0 radical (unpaired) electrons. The average Bonchev–Trinajstić information content (AvgIpc) is 2.90. The Morgan fingerprint density at radius 1 is 1.37 bits per heavy atom. The predicted octanol–water partition coefficient (Wildman–Crippen LogP) is 1.02. The summed E-state index contributed by atoms with van der Waals surface area (Å²) in [6.07, 6.45) is 0.372. The Bertz CT molecular complexity index is 617. The molecule has 2 N–H and O–H groups in total. The van der Waals surface area contributed by atoms with Gasteiger partial charge in [0.25, 0.3) is 0 Å². The van der Waals surface area contributed by atoms with Gasteiger partial charge in [0.2, 0.25) is 5.91 Å². The lowest BCUT2D eigenvalue weighted by molar-refractivity contribution is -0.133. The first kappa shape index (κ1) is 11.7. The minimum Gasteiger partial charge on any atom is -0.383 e. The number of hydrazine groups is 1. The highest BCUT2D eigenvalue weighted by Crippen LogP contribution is 2.40. The Balaban J connectivity index is 2.08. The Labute approximate surface area is 109 Å². The quantitative estimate of drug-likeness (QED) is 0.816. The van der Waals surface area contributed by atoms with Crippen molar-refractivity contribution in [1.82, 2.24) is 10.0 Å². The van der Waals surface area contributed by atoms with Crippen LogP contribution in [-0.2, 0) is 4.79 Å². The number of hydrogen-bond donors (Lipinski definition) is 1. The number of halogens is 1. The first-order chi connectivity index (χ1) is 9.13. The van der Waals surface area contributed by atoms with Crippen LogP contribution >= 0.6 is 0 Å². The molecule has 1 fully saturated rings. The summed E-state index contributed by atoms with van der Waals surface area (Å²) < 4.78 is 13.0. The third-order valence-electron chi connectivity index (χ3n) is 3.43. The lowest BCUT2D eigenvalue weighted by Gasteiger charge is -2.25. The van der Waals surface area contributed by atoms with Gasteiger partial charge in [0, 0.05) is 13.0 Å². The summed E-state index contributed by atoms with van der Waals surface area (Å²) >= 11 is 0. The maximum atomic E-state index is 13.0. The predicted molar refractivity (Wildman–Crippen MR) is 64.1 cm³/mol. The molecular weight excluding hydrogens is 247 g/mol. The summed E-state index contributed by atoms with van der Waals surface area (Å²) in [5, 5.41) is 12.3. The molecule has 0 saturated carbocycles. The van der Waals surface area contributed by atoms with Gasteiger partial charge in [-0.3, -0.25) is 4.79 Å². The Hall–Kier alpha value is -2.39. The SMILES string of the molecule is N#CC1=C(N)N2C(=O)CCN2[C@@H]1c1ccc(F)cc1. The molecule has 1 amide bonds. The molecule has 2 aliphatic heterocycles. The van der Waals surface area contributed by atoms with Crippen LogP contribution in [0.2, 0.25) is 0 Å². The molecule has 1 atom stereocenters. The van der Waals surface area contributed by atoms with E-state index in [2.05, 4.69) is 6.07 Å². The van der Waals surface area contributed by atoms with E-state index in [9.17, 15) is 14.4 Å². The van der Waals surface area contributed by atoms with Gasteiger partial charge in [-0.1, -0.05) is 12.1 Å². The van der Waals surface area contributed by atoms with E-state index in [0.717, 1.165) is 5.56 Å². The van der Waals surface area contributed by atoms with Gasteiger partial charge in [-0.05, 0) is 17.7 Å². The standard InChI is InChI=1S/C13H11FN4O/c14-9-3-1-8(2-4-9)12-10(7-15)13(16)18-11(19)5-6-17(12)18/h1-4,12H,5-6,16H2/t12-/m1/s1. The molecule has 1 aromatic rings. The monoisotopic (exact) mass is 258 g/mol. The molecule has 0 spiro atoms. The van der Waals surface area contributed by atoms with Crippen molar-refractivity contribution < 1.29 is 9.18 Å². The second-order valence-corrected chi connectivity index (χ2v) is 4.48. The Morgan fingerprint density at radius 3 is 2.68 bits per heavy atom. The number of carbonyl (C=O) groups is 1. The van der Waals surface area contributed by atoms with Crippen molar-refractivity contribution in [3.8, 4) is 6.07 Å². The van der Waals surface area contributed by atoms with E-state index < -0.39 is 6.04 Å². The van der Waals surface area contributed by atoms with Gasteiger partial charge in [0.15, 0.2) is 0 Å². The van der Waals surface area contributed by atoms with Crippen LogP contribution in [0.15, 0.2) is 35.7 Å². The molecule has 0 aromatic heterocycles. The number of fused-ring (bicyclic) bond motifs is 1. The third-order valence-corrected chi connectivity index (χ3v) is 3.43. The molecule has 5 nitrogen and oxygen atoms in total. The van der Waals surface area contributed by atoms with Crippen molar-refractivity contribution in [1.29, 1.82) is 5.26 Å². The zero-order chi connectivity index (χ0) is 13.6. The number of nitrogens with zero attached hydrogens (tertiary/aromatic N) is 3. The fourth-order valence-electron chi connectivity index (χ4n) is 2.58. The number of benzene rings is 1. The van der Waals surface area contributed by atoms with Crippen molar-refractivity contribution in [2.75, 3.05) is 6.54 Å². The van der Waals surface area contributed by atoms with Crippen LogP contribution in [0.1, 0.15) is 18.0 Å². The number of hydrogen-bond acceptors (Lipinski definition) is 4. The topological polar surface area (TPSA) is 73.4 Å². The largest absolute Gasteiger partial charge is 0.383 e. The maximum Gasteiger partial charge on any atom is 0.244 e. The van der Waals surface area contributed by atoms with Crippen molar-refractivity contribution in [3.63, 3.8) is 0 Å². The lowest BCUT2D eigenvalue weighted by atomic mass is 10.00. The summed E-state index contributed by atoms with van der Waals surface area (Å²) in [4.78, 5) is 11.8. The van der Waals surface area contributed by atoms with E-state index in [1.165, 1.54) is 17.1 Å². The fraction of sp³-hybridized carbons (Fsp3) is 0.231. The molecule has 2 heterocycles. The van der Waals surface area contributed by atoms with Crippen LogP contribution in [0.25, 0.3) is 0 Å². The molecule has 0 unspecified atom stereocenters. The summed E-state index contributed by atoms with van der Waals surface area (Å²) in [5.41, 5.74) is 6.95. The first-order valence-electron chi connectivity index (χ1n) is 5.88. The lowest BCUT2D eigenvalue weighted by Crippen LogP contribution is -2.36. The zero-order valence-corrected chi connectivity index (χ0v) is 10.0. The van der Waals surface area contributed by atoms with E-state index in [0.29, 0.717) is 18.5 Å². The van der Waals surface area contributed by atoms with Crippen LogP contribution in [0.3, 0.4) is 0 Å². The number of carbonyl (C=O) groups excluding carboxylic acids is 1. The highest BCUT2D eigenvalue weighted by Gasteiger charge is 2.45. The normalized spacial score (nSPS) is 22.8. The van der Waals surface area contributed by atoms with Crippen LogP contribution < -0.4 is 5.73 Å². The van der Waals surface area contributed by atoms with Crippen molar-refractivity contribution in [2.45, 2.75) is 12.5 Å². The molecule has 6 heteroatoms. The minimum atomic E-state index is -0.406. The molecule has 96 valence electrons. The summed E-state index contributed by atoms with van der Waals surface area (Å²) in [6, 6.07) is 7.53. The Morgan fingerprint density at radius 2 is 2.05 bits per heavy atom. The summed E-state index contributed by atoms with van der Waals surface area (Å²) in [7, 11) is 0. The summed E-state index contributed by atoms with van der Waals surface area (Å²) in [5.74, 6) is -0.277. The Kier molecular flexibility index (Phi) is 2.50. The molecular formula is C13H11FN4O. The van der Waals surface area contributed by atoms with E-state index in [1.807, 2.05) is 0 Å². The van der Waals surface area contributed by atoms with E-state index in [-0.39, 0.29) is 17.5 Å². The van der Waals surface area contributed by atoms with E-state index >= 15 is 0 Å². The molecule has 2 aliphatic rings. The van der Waals surface area contributed by atoms with Crippen molar-refractivity contribution >= 4 is 5.91 Å². The highest BCUT2D eigenvalue weighted by molar-refractivity contribution is 5.81. The van der Waals surface area contributed by atoms with Crippen molar-refractivity contribution in [3.05, 3.63) is 47.0 Å². The second-order valence-electron chi connectivity index (χ2n) is 4.48. The van der Waals surface area contributed by atoms with Crippen LogP contribution in [-0.4, -0.2) is 22.5 Å². The van der Waals surface area contributed by atoms with Gasteiger partial charge in [-0.15, -0.1) is 0 Å². The van der Waals surface area contributed by atoms with Gasteiger partial charge in [-0.25, -0.2) is 9.40 Å². The van der Waals surface area contributed by atoms with E-state index in [4.69, 9.17) is 5.73 Å². The molecule has 3 rings (SSSR count). The first-order valence-corrected chi connectivity index (χ1v) is 5.88. The maximum absolute atomic E-state index is 13.0. The number of rotatable bonds is 1. The fourth-order valence-corrected chi connectivity index (χ4v) is 2.58. The van der Waals surface area contributed by atoms with Gasteiger partial charge in [-0.2, -0.15) is 10.3 Å². The number of nitrogens with two attached hydrogens (primary N) is 1. The van der Waals surface area contributed by atoms with Gasteiger partial charge in [0.05, 0.1) is 11.6 Å². The molecule has 1 aromatic carbocycles. The van der Waals surface area contributed by atoms with Gasteiger partial charge < -0.3 is 5.73 Å². The van der Waals surface area contributed by atoms with Crippen molar-refractivity contribution in [2.24, 2.45) is 5.73 Å². The third kappa shape index (κ3) is 1.59. The smallest absolute Gasteiger partial charge is 0.244 e. The molecule has 19 heavy (non-hydrogen) atoms. The van der Waals surface area contributed by atoms with Crippen LogP contribution in [0.4, 0.5) is 4.39 Å². The molecule has 0 aliphatic carbocycles. The van der Waals surface area contributed by atoms with Crippen LogP contribution in [0, 0.1) is 17.1 Å². The highest BCUT2D eigenvalue weighted by atomic mass is 19.1. The van der Waals surface area contributed by atoms with Gasteiger partial charge in [0.1, 0.15) is 17.7 Å². The number of nitriles is 1. The average molecular weight is 258 g/mol. The number of amides is 1. The minimum absolute atomic E-state index is 0.116.